The lowest BCUT2D eigenvalue weighted by atomic mass is 10.2. The van der Waals surface area contributed by atoms with E-state index in [-0.39, 0.29) is 5.69 Å². The number of rotatable bonds is 5. The van der Waals surface area contributed by atoms with E-state index in [0.717, 1.165) is 17.1 Å². The number of anilines is 4. The van der Waals surface area contributed by atoms with Gasteiger partial charge < -0.3 is 10.6 Å². The third kappa shape index (κ3) is 3.82. The first kappa shape index (κ1) is 14.5. The summed E-state index contributed by atoms with van der Waals surface area (Å²) in [5.41, 5.74) is 2.81. The number of aromatic nitrogens is 1. The molecule has 0 spiro atoms. The number of para-hydroxylation sites is 1. The van der Waals surface area contributed by atoms with E-state index >= 15 is 0 Å². The van der Waals surface area contributed by atoms with Crippen LogP contribution in [-0.2, 0) is 0 Å². The molecule has 3 aromatic rings. The SMILES string of the molecule is O=[N+]([O-])c1ccc(Nc2ccc(Nc3ccccc3)cc2)nc1. The summed E-state index contributed by atoms with van der Waals surface area (Å²) >= 11 is 0. The molecule has 0 aliphatic heterocycles. The molecule has 0 aliphatic rings. The molecule has 2 aromatic carbocycles. The van der Waals surface area contributed by atoms with E-state index < -0.39 is 4.92 Å². The Bertz CT molecular complexity index is 787. The van der Waals surface area contributed by atoms with Crippen molar-refractivity contribution in [2.75, 3.05) is 10.6 Å². The molecule has 0 atom stereocenters. The van der Waals surface area contributed by atoms with Gasteiger partial charge in [0, 0.05) is 23.1 Å². The number of hydrogen-bond acceptors (Lipinski definition) is 5. The van der Waals surface area contributed by atoms with E-state index in [1.807, 2.05) is 54.6 Å². The van der Waals surface area contributed by atoms with Gasteiger partial charge in [-0.3, -0.25) is 10.1 Å². The summed E-state index contributed by atoms with van der Waals surface area (Å²) in [4.78, 5) is 14.1. The Morgan fingerprint density at radius 3 is 1.96 bits per heavy atom. The van der Waals surface area contributed by atoms with Gasteiger partial charge in [0.2, 0.25) is 0 Å². The third-order valence-electron chi connectivity index (χ3n) is 3.18. The van der Waals surface area contributed by atoms with E-state index in [0.29, 0.717) is 5.82 Å². The zero-order valence-electron chi connectivity index (χ0n) is 12.1. The van der Waals surface area contributed by atoms with Crippen molar-refractivity contribution in [3.05, 3.63) is 83.0 Å². The Labute approximate surface area is 133 Å². The highest BCUT2D eigenvalue weighted by atomic mass is 16.6. The van der Waals surface area contributed by atoms with Crippen molar-refractivity contribution in [1.29, 1.82) is 0 Å². The van der Waals surface area contributed by atoms with Crippen molar-refractivity contribution in [3.8, 4) is 0 Å². The number of nitrogens with one attached hydrogen (secondary N) is 2. The van der Waals surface area contributed by atoms with Gasteiger partial charge in [0.15, 0.2) is 0 Å². The Morgan fingerprint density at radius 2 is 1.39 bits per heavy atom. The highest BCUT2D eigenvalue weighted by Crippen LogP contribution is 2.21. The summed E-state index contributed by atoms with van der Waals surface area (Å²) in [6, 6.07) is 20.6. The van der Waals surface area contributed by atoms with Gasteiger partial charge in [-0.05, 0) is 42.5 Å². The van der Waals surface area contributed by atoms with Crippen LogP contribution in [0, 0.1) is 10.1 Å². The summed E-state index contributed by atoms with van der Waals surface area (Å²) in [5.74, 6) is 0.555. The minimum atomic E-state index is -0.471. The van der Waals surface area contributed by atoms with Gasteiger partial charge in [-0.15, -0.1) is 0 Å². The minimum Gasteiger partial charge on any atom is -0.356 e. The standard InChI is InChI=1S/C17H14N4O2/c22-21(23)16-10-11-17(18-12-16)20-15-8-6-14(7-9-15)19-13-4-2-1-3-5-13/h1-12,19H,(H,18,20). The van der Waals surface area contributed by atoms with Crippen molar-refractivity contribution in [2.24, 2.45) is 0 Å². The van der Waals surface area contributed by atoms with Crippen LogP contribution in [-0.4, -0.2) is 9.91 Å². The van der Waals surface area contributed by atoms with Crippen LogP contribution in [0.4, 0.5) is 28.6 Å². The predicted octanol–water partition coefficient (Wildman–Crippen LogP) is 4.48. The van der Waals surface area contributed by atoms with Gasteiger partial charge in [-0.2, -0.15) is 0 Å². The zero-order valence-corrected chi connectivity index (χ0v) is 12.1. The van der Waals surface area contributed by atoms with E-state index in [1.165, 1.54) is 12.3 Å². The normalized spacial score (nSPS) is 10.1. The smallest absolute Gasteiger partial charge is 0.287 e. The number of pyridine rings is 1. The van der Waals surface area contributed by atoms with Crippen LogP contribution >= 0.6 is 0 Å². The average Bonchev–Trinajstić information content (AvgIpc) is 2.58. The van der Waals surface area contributed by atoms with E-state index in [1.54, 1.807) is 6.07 Å². The highest BCUT2D eigenvalue weighted by Gasteiger charge is 2.05. The quantitative estimate of drug-likeness (QED) is 0.536. The Balaban J connectivity index is 1.66. The summed E-state index contributed by atoms with van der Waals surface area (Å²) in [7, 11) is 0. The lowest BCUT2D eigenvalue weighted by Gasteiger charge is -2.08. The molecule has 6 heteroatoms. The van der Waals surface area contributed by atoms with Crippen LogP contribution in [0.15, 0.2) is 72.9 Å². The molecule has 114 valence electrons. The fourth-order valence-electron chi connectivity index (χ4n) is 2.04. The fourth-order valence-corrected chi connectivity index (χ4v) is 2.04. The molecule has 0 bridgehead atoms. The van der Waals surface area contributed by atoms with Gasteiger partial charge in [0.1, 0.15) is 12.0 Å². The highest BCUT2D eigenvalue weighted by molar-refractivity contribution is 5.64. The van der Waals surface area contributed by atoms with Gasteiger partial charge in [0.05, 0.1) is 4.92 Å². The lowest BCUT2D eigenvalue weighted by molar-refractivity contribution is -0.385. The first-order valence-electron chi connectivity index (χ1n) is 7.00. The topological polar surface area (TPSA) is 80.1 Å². The molecule has 3 rings (SSSR count). The molecule has 0 radical (unpaired) electrons. The second-order valence-corrected chi connectivity index (χ2v) is 4.85. The van der Waals surface area contributed by atoms with Gasteiger partial charge in [-0.25, -0.2) is 4.98 Å². The molecular weight excluding hydrogens is 292 g/mol. The fraction of sp³-hybridized carbons (Fsp3) is 0. The lowest BCUT2D eigenvalue weighted by Crippen LogP contribution is -1.95. The van der Waals surface area contributed by atoms with Gasteiger partial charge in [0.25, 0.3) is 5.69 Å². The van der Waals surface area contributed by atoms with Crippen LogP contribution < -0.4 is 10.6 Å². The zero-order chi connectivity index (χ0) is 16.1. The third-order valence-corrected chi connectivity index (χ3v) is 3.18. The summed E-state index contributed by atoms with van der Waals surface area (Å²) < 4.78 is 0. The maximum atomic E-state index is 10.6. The molecule has 23 heavy (non-hydrogen) atoms. The van der Waals surface area contributed by atoms with Gasteiger partial charge >= 0.3 is 0 Å². The molecule has 0 amide bonds. The van der Waals surface area contributed by atoms with Crippen molar-refractivity contribution in [3.63, 3.8) is 0 Å². The summed E-state index contributed by atoms with van der Waals surface area (Å²) in [6.07, 6.45) is 1.23. The van der Waals surface area contributed by atoms with Crippen LogP contribution in [0.3, 0.4) is 0 Å². The molecular formula is C17H14N4O2. The average molecular weight is 306 g/mol. The van der Waals surface area contributed by atoms with Crippen LogP contribution in [0.25, 0.3) is 0 Å². The van der Waals surface area contributed by atoms with Crippen molar-refractivity contribution in [2.45, 2.75) is 0 Å². The Hall–Kier alpha value is -3.41. The van der Waals surface area contributed by atoms with Crippen LogP contribution in [0.1, 0.15) is 0 Å². The van der Waals surface area contributed by atoms with E-state index in [2.05, 4.69) is 15.6 Å². The van der Waals surface area contributed by atoms with Crippen LogP contribution in [0.5, 0.6) is 0 Å². The largest absolute Gasteiger partial charge is 0.356 e. The van der Waals surface area contributed by atoms with E-state index in [4.69, 9.17) is 0 Å². The number of nitrogens with zero attached hydrogens (tertiary/aromatic N) is 2. The van der Waals surface area contributed by atoms with E-state index in [9.17, 15) is 10.1 Å². The molecule has 0 fully saturated rings. The maximum Gasteiger partial charge on any atom is 0.287 e. The summed E-state index contributed by atoms with van der Waals surface area (Å²) in [5, 5.41) is 17.0. The molecule has 1 heterocycles. The molecule has 6 nitrogen and oxygen atoms in total. The first-order valence-corrected chi connectivity index (χ1v) is 7.00. The molecule has 2 N–H and O–H groups in total. The second-order valence-electron chi connectivity index (χ2n) is 4.85. The van der Waals surface area contributed by atoms with Crippen molar-refractivity contribution >= 4 is 28.6 Å². The molecule has 0 saturated heterocycles. The Morgan fingerprint density at radius 1 is 0.783 bits per heavy atom. The van der Waals surface area contributed by atoms with Crippen LogP contribution in [0.2, 0.25) is 0 Å². The summed E-state index contributed by atoms with van der Waals surface area (Å²) in [6.45, 7) is 0. The number of benzene rings is 2. The Kier molecular flexibility index (Phi) is 4.15. The minimum absolute atomic E-state index is 0.0297. The second kappa shape index (κ2) is 6.57. The van der Waals surface area contributed by atoms with Gasteiger partial charge in [-0.1, -0.05) is 18.2 Å². The molecule has 0 aliphatic carbocycles. The maximum absolute atomic E-state index is 10.6. The first-order chi connectivity index (χ1) is 11.2. The molecule has 0 saturated carbocycles. The predicted molar refractivity (Wildman–Crippen MR) is 90.3 cm³/mol. The molecule has 0 unspecified atom stereocenters. The molecule has 1 aromatic heterocycles. The monoisotopic (exact) mass is 306 g/mol. The van der Waals surface area contributed by atoms with Crippen molar-refractivity contribution in [1.82, 2.24) is 4.98 Å². The number of nitro groups is 1. The number of hydrogen-bond donors (Lipinski definition) is 2. The van der Waals surface area contributed by atoms with Crippen molar-refractivity contribution < 1.29 is 4.92 Å².